The largest absolute Gasteiger partial charge is 0.493 e. The van der Waals surface area contributed by atoms with Crippen molar-refractivity contribution < 1.29 is 17.9 Å². The number of hydrogen-bond acceptors (Lipinski definition) is 4. The second kappa shape index (κ2) is 8.65. The molecule has 2 unspecified atom stereocenters. The number of Topliss-reactive ketones (excluding diaryl/α,β-unsaturated/α-hetero) is 1. The summed E-state index contributed by atoms with van der Waals surface area (Å²) in [5.41, 5.74) is 0.671. The zero-order valence-corrected chi connectivity index (χ0v) is 16.1. The standard InChI is InChI=1S/C20H28O4S/c1-4-5-6-10-13-18-19(24-16(3)20(18)15(2)21)14-25(22,23)17-11-8-7-9-12-17/h7-9,11-12,18-19H,4-6,10,13-14H2,1-3H3. The lowest BCUT2D eigenvalue weighted by Crippen LogP contribution is -2.29. The van der Waals surface area contributed by atoms with Gasteiger partial charge in [0, 0.05) is 11.5 Å². The van der Waals surface area contributed by atoms with E-state index in [-0.39, 0.29) is 17.5 Å². The molecular weight excluding hydrogens is 336 g/mol. The molecule has 1 aliphatic rings. The Balaban J connectivity index is 2.16. The molecule has 1 aliphatic heterocycles. The van der Waals surface area contributed by atoms with Crippen LogP contribution >= 0.6 is 0 Å². The number of allylic oxidation sites excluding steroid dienone is 1. The zero-order chi connectivity index (χ0) is 18.4. The predicted molar refractivity (Wildman–Crippen MR) is 99.0 cm³/mol. The van der Waals surface area contributed by atoms with E-state index in [0.29, 0.717) is 16.2 Å². The molecule has 25 heavy (non-hydrogen) atoms. The van der Waals surface area contributed by atoms with Gasteiger partial charge in [-0.05, 0) is 32.4 Å². The van der Waals surface area contributed by atoms with Crippen LogP contribution in [-0.4, -0.2) is 26.1 Å². The first-order valence-electron chi connectivity index (χ1n) is 9.03. The highest BCUT2D eigenvalue weighted by Crippen LogP contribution is 2.36. The van der Waals surface area contributed by atoms with Gasteiger partial charge in [0.25, 0.3) is 0 Å². The Bertz CT molecular complexity index is 719. The second-order valence-electron chi connectivity index (χ2n) is 6.73. The third-order valence-corrected chi connectivity index (χ3v) is 6.52. The summed E-state index contributed by atoms with van der Waals surface area (Å²) in [6.07, 6.45) is 4.68. The first-order valence-corrected chi connectivity index (χ1v) is 10.7. The summed E-state index contributed by atoms with van der Waals surface area (Å²) in [6, 6.07) is 8.44. The summed E-state index contributed by atoms with van der Waals surface area (Å²) >= 11 is 0. The number of ketones is 1. The van der Waals surface area contributed by atoms with Crippen LogP contribution in [0.4, 0.5) is 0 Å². The van der Waals surface area contributed by atoms with Gasteiger partial charge in [0.1, 0.15) is 11.9 Å². The second-order valence-corrected chi connectivity index (χ2v) is 8.77. The molecular formula is C20H28O4S. The number of unbranched alkanes of at least 4 members (excludes halogenated alkanes) is 3. The molecule has 0 aromatic heterocycles. The summed E-state index contributed by atoms with van der Waals surface area (Å²) < 4.78 is 31.3. The van der Waals surface area contributed by atoms with Crippen molar-refractivity contribution in [2.45, 2.75) is 63.9 Å². The van der Waals surface area contributed by atoms with Gasteiger partial charge < -0.3 is 4.74 Å². The fourth-order valence-electron chi connectivity index (χ4n) is 3.54. The third kappa shape index (κ3) is 4.94. The number of carbonyl (C=O) groups is 1. The fraction of sp³-hybridized carbons (Fsp3) is 0.550. The highest BCUT2D eigenvalue weighted by atomic mass is 32.2. The minimum Gasteiger partial charge on any atom is -0.493 e. The molecule has 1 aromatic rings. The van der Waals surface area contributed by atoms with Gasteiger partial charge in [0.15, 0.2) is 15.6 Å². The van der Waals surface area contributed by atoms with Gasteiger partial charge in [-0.2, -0.15) is 0 Å². The number of benzene rings is 1. The van der Waals surface area contributed by atoms with Gasteiger partial charge in [0.05, 0.1) is 10.6 Å². The lowest BCUT2D eigenvalue weighted by molar-refractivity contribution is -0.114. The van der Waals surface area contributed by atoms with Crippen molar-refractivity contribution in [3.8, 4) is 0 Å². The van der Waals surface area contributed by atoms with E-state index in [9.17, 15) is 13.2 Å². The molecule has 0 fully saturated rings. The number of hydrogen-bond donors (Lipinski definition) is 0. The quantitative estimate of drug-likeness (QED) is 0.613. The SMILES string of the molecule is CCCCCCC1C(C(C)=O)=C(C)OC1CS(=O)(=O)c1ccccc1. The Morgan fingerprint density at radius 1 is 1.12 bits per heavy atom. The van der Waals surface area contributed by atoms with Crippen LogP contribution in [0.1, 0.15) is 52.9 Å². The van der Waals surface area contributed by atoms with Crippen molar-refractivity contribution in [1.82, 2.24) is 0 Å². The normalized spacial score (nSPS) is 20.6. The average Bonchev–Trinajstić information content (AvgIpc) is 2.87. The van der Waals surface area contributed by atoms with E-state index in [4.69, 9.17) is 4.74 Å². The highest BCUT2D eigenvalue weighted by molar-refractivity contribution is 7.91. The van der Waals surface area contributed by atoms with Gasteiger partial charge in [-0.25, -0.2) is 8.42 Å². The molecule has 2 rings (SSSR count). The van der Waals surface area contributed by atoms with Gasteiger partial charge in [0.2, 0.25) is 0 Å². The van der Waals surface area contributed by atoms with E-state index < -0.39 is 15.9 Å². The molecule has 0 N–H and O–H groups in total. The monoisotopic (exact) mass is 364 g/mol. The van der Waals surface area contributed by atoms with Crippen LogP contribution in [-0.2, 0) is 19.4 Å². The lowest BCUT2D eigenvalue weighted by Gasteiger charge is -2.21. The van der Waals surface area contributed by atoms with Crippen molar-refractivity contribution >= 4 is 15.6 Å². The fourth-order valence-corrected chi connectivity index (χ4v) is 5.04. The molecule has 2 atom stereocenters. The van der Waals surface area contributed by atoms with E-state index in [1.54, 1.807) is 37.3 Å². The van der Waals surface area contributed by atoms with Crippen molar-refractivity contribution in [3.63, 3.8) is 0 Å². The van der Waals surface area contributed by atoms with E-state index in [2.05, 4.69) is 6.92 Å². The van der Waals surface area contributed by atoms with Crippen LogP contribution in [0, 0.1) is 5.92 Å². The van der Waals surface area contributed by atoms with Crippen LogP contribution in [0.2, 0.25) is 0 Å². The molecule has 0 aliphatic carbocycles. The molecule has 4 nitrogen and oxygen atoms in total. The number of rotatable bonds is 9. The number of sulfone groups is 1. The molecule has 138 valence electrons. The van der Waals surface area contributed by atoms with E-state index >= 15 is 0 Å². The first-order chi connectivity index (χ1) is 11.9. The van der Waals surface area contributed by atoms with Crippen LogP contribution < -0.4 is 0 Å². The smallest absolute Gasteiger partial charge is 0.182 e. The third-order valence-electron chi connectivity index (χ3n) is 4.76. The Morgan fingerprint density at radius 2 is 1.80 bits per heavy atom. The summed E-state index contributed by atoms with van der Waals surface area (Å²) in [6.45, 7) is 5.46. The van der Waals surface area contributed by atoms with Gasteiger partial charge in [-0.15, -0.1) is 0 Å². The molecule has 1 heterocycles. The summed E-state index contributed by atoms with van der Waals surface area (Å²) in [5.74, 6) is 0.343. The minimum atomic E-state index is -3.45. The Kier molecular flexibility index (Phi) is 6.82. The summed E-state index contributed by atoms with van der Waals surface area (Å²) in [4.78, 5) is 12.4. The van der Waals surface area contributed by atoms with Crippen LogP contribution in [0.3, 0.4) is 0 Å². The highest BCUT2D eigenvalue weighted by Gasteiger charge is 2.39. The van der Waals surface area contributed by atoms with Gasteiger partial charge in [-0.3, -0.25) is 4.79 Å². The molecule has 5 heteroatoms. The zero-order valence-electron chi connectivity index (χ0n) is 15.3. The van der Waals surface area contributed by atoms with Crippen molar-refractivity contribution in [3.05, 3.63) is 41.7 Å². The molecule has 0 saturated carbocycles. The number of carbonyl (C=O) groups excluding carboxylic acids is 1. The number of ether oxygens (including phenoxy) is 1. The van der Waals surface area contributed by atoms with E-state index in [1.807, 2.05) is 0 Å². The van der Waals surface area contributed by atoms with Crippen molar-refractivity contribution in [2.75, 3.05) is 5.75 Å². The van der Waals surface area contributed by atoms with Crippen LogP contribution in [0.5, 0.6) is 0 Å². The minimum absolute atomic E-state index is 0.0161. The molecule has 0 saturated heterocycles. The van der Waals surface area contributed by atoms with Crippen molar-refractivity contribution in [1.29, 1.82) is 0 Å². The Hall–Kier alpha value is -1.62. The van der Waals surface area contributed by atoms with Gasteiger partial charge >= 0.3 is 0 Å². The Morgan fingerprint density at radius 3 is 2.40 bits per heavy atom. The summed E-state index contributed by atoms with van der Waals surface area (Å²) in [5, 5.41) is 0. The predicted octanol–water partition coefficient (Wildman–Crippen LogP) is 4.31. The molecule has 0 radical (unpaired) electrons. The average molecular weight is 365 g/mol. The molecule has 0 amide bonds. The maximum atomic E-state index is 12.7. The summed E-state index contributed by atoms with van der Waals surface area (Å²) in [7, 11) is -3.45. The van der Waals surface area contributed by atoms with Crippen LogP contribution in [0.15, 0.2) is 46.6 Å². The first kappa shape index (κ1) is 19.7. The maximum Gasteiger partial charge on any atom is 0.182 e. The molecule has 0 bridgehead atoms. The molecule has 0 spiro atoms. The van der Waals surface area contributed by atoms with E-state index in [1.165, 1.54) is 6.92 Å². The van der Waals surface area contributed by atoms with Crippen molar-refractivity contribution in [2.24, 2.45) is 5.92 Å². The maximum absolute atomic E-state index is 12.7. The lowest BCUT2D eigenvalue weighted by atomic mass is 9.88. The van der Waals surface area contributed by atoms with Gasteiger partial charge in [-0.1, -0.05) is 50.8 Å². The van der Waals surface area contributed by atoms with Crippen LogP contribution in [0.25, 0.3) is 0 Å². The Labute approximate surface area is 151 Å². The van der Waals surface area contributed by atoms with E-state index in [0.717, 1.165) is 32.1 Å². The molecule has 1 aromatic carbocycles. The topological polar surface area (TPSA) is 60.4 Å².